The Balaban J connectivity index is 2.22. The van der Waals surface area contributed by atoms with E-state index in [1.165, 1.54) is 6.92 Å². The Morgan fingerprint density at radius 3 is 2.14 bits per heavy atom. The van der Waals surface area contributed by atoms with Crippen molar-refractivity contribution in [3.8, 4) is 0 Å². The van der Waals surface area contributed by atoms with Crippen LogP contribution < -0.4 is 0 Å². The Labute approximate surface area is 346 Å². The van der Waals surface area contributed by atoms with Crippen LogP contribution in [0.25, 0.3) is 0 Å². The number of likely N-dealkylation sites (N-methyl/N-ethyl adjacent to an activating group) is 1. The minimum atomic E-state index is -1.94. The van der Waals surface area contributed by atoms with Crippen LogP contribution in [0.15, 0.2) is 5.16 Å². The number of nitrogens with zero attached hydrogens (tertiary/aromatic N) is 2. The zero-order valence-corrected chi connectivity index (χ0v) is 37.6. The Kier molecular flexibility index (Phi) is 18.8. The Morgan fingerprint density at radius 1 is 0.897 bits per heavy atom. The molecule has 3 fully saturated rings. The maximum atomic E-state index is 14.4. The monoisotopic (exact) mass is 835 g/mol. The van der Waals surface area contributed by atoms with Gasteiger partial charge in [0.15, 0.2) is 6.29 Å². The van der Waals surface area contributed by atoms with Gasteiger partial charge in [-0.25, -0.2) is 0 Å². The maximum absolute atomic E-state index is 14.4. The van der Waals surface area contributed by atoms with Gasteiger partial charge in [-0.3, -0.25) is 4.79 Å². The van der Waals surface area contributed by atoms with E-state index in [1.54, 1.807) is 41.9 Å². The van der Waals surface area contributed by atoms with Gasteiger partial charge in [-0.05, 0) is 80.3 Å². The van der Waals surface area contributed by atoms with Crippen molar-refractivity contribution < 1.29 is 68.3 Å². The molecule has 0 amide bonds. The molecule has 2 aliphatic heterocycles. The zero-order chi connectivity index (χ0) is 43.9. The van der Waals surface area contributed by atoms with Crippen molar-refractivity contribution in [3.63, 3.8) is 0 Å². The molecule has 58 heavy (non-hydrogen) atoms. The molecule has 1 aliphatic carbocycles. The summed E-state index contributed by atoms with van der Waals surface area (Å²) in [6, 6.07) is -0.308. The highest BCUT2D eigenvalue weighted by atomic mass is 16.7. The van der Waals surface area contributed by atoms with Gasteiger partial charge in [0.05, 0.1) is 72.7 Å². The number of carbonyl (C=O) groups is 1. The Morgan fingerprint density at radius 2 is 1.55 bits per heavy atom. The van der Waals surface area contributed by atoms with E-state index >= 15 is 0 Å². The molecule has 16 heteroatoms. The summed E-state index contributed by atoms with van der Waals surface area (Å²) in [5.41, 5.74) is -4.28. The Hall–Kier alpha value is -1.54. The normalized spacial score (nSPS) is 45.8. The van der Waals surface area contributed by atoms with E-state index in [1.807, 2.05) is 53.6 Å². The van der Waals surface area contributed by atoms with Crippen LogP contribution in [-0.2, 0) is 42.8 Å². The van der Waals surface area contributed by atoms with Gasteiger partial charge in [0.1, 0.15) is 17.8 Å². The minimum Gasteiger partial charge on any atom is -0.459 e. The van der Waals surface area contributed by atoms with Crippen molar-refractivity contribution in [2.75, 3.05) is 48.3 Å². The number of hydrogen-bond donors (Lipinski definition) is 5. The van der Waals surface area contributed by atoms with Crippen molar-refractivity contribution in [2.24, 2.45) is 34.7 Å². The summed E-state index contributed by atoms with van der Waals surface area (Å²) < 4.78 is 42.4. The molecule has 340 valence electrons. The van der Waals surface area contributed by atoms with Gasteiger partial charge in [-0.2, -0.15) is 0 Å². The van der Waals surface area contributed by atoms with E-state index in [0.29, 0.717) is 31.6 Å². The molecule has 0 aromatic carbocycles. The lowest BCUT2D eigenvalue weighted by Gasteiger charge is -2.49. The number of methoxy groups -OCH3 is 2. The number of ether oxygens (including phenoxy) is 7. The van der Waals surface area contributed by atoms with Crippen molar-refractivity contribution in [3.05, 3.63) is 0 Å². The van der Waals surface area contributed by atoms with E-state index in [-0.39, 0.29) is 44.3 Å². The van der Waals surface area contributed by atoms with Gasteiger partial charge in [0.25, 0.3) is 0 Å². The standard InChI is InChI=1S/C42H78N2O14/c1-15-31-42(10,50)36(47)26(5)32(43-54-22-53-17-16-51-13)24(3)20-40(8,49)37(58-39-33(45)30(44(11)12)19-25(4)55-39)27(6)34(28(7)38(48)57-31)56-29-18-23(2)35(46)41(9,21-29)52-14/h23-31,33-37,39,45-47,49-50H,15-22H2,1-14H3/b43-32+/t23?,24-,25?,26+,27+,28-,29-,30-,31-,33?,34+,35+,36-,37-,39+,40-,41+,42-/m1/s1. The first-order valence-corrected chi connectivity index (χ1v) is 21.1. The van der Waals surface area contributed by atoms with Crippen LogP contribution in [0.4, 0.5) is 0 Å². The molecular formula is C42H78N2O14. The molecule has 3 aliphatic rings. The molecular weight excluding hydrogens is 756 g/mol. The van der Waals surface area contributed by atoms with E-state index in [4.69, 9.17) is 38.0 Å². The fraction of sp³-hybridized carbons (Fsp3) is 0.952. The average molecular weight is 835 g/mol. The Bertz CT molecular complexity index is 1300. The molecule has 0 aromatic heterocycles. The van der Waals surface area contributed by atoms with Crippen LogP contribution in [-0.4, -0.2) is 168 Å². The second-order valence-corrected chi connectivity index (χ2v) is 18.3. The van der Waals surface area contributed by atoms with Crippen LogP contribution in [0, 0.1) is 29.6 Å². The van der Waals surface area contributed by atoms with Gasteiger partial charge in [0.2, 0.25) is 6.79 Å². The van der Waals surface area contributed by atoms with Gasteiger partial charge in [-0.15, -0.1) is 0 Å². The highest BCUT2D eigenvalue weighted by Gasteiger charge is 2.53. The lowest BCUT2D eigenvalue weighted by molar-refractivity contribution is -0.301. The van der Waals surface area contributed by atoms with Crippen LogP contribution in [0.5, 0.6) is 0 Å². The summed E-state index contributed by atoms with van der Waals surface area (Å²) >= 11 is 0. The second-order valence-electron chi connectivity index (χ2n) is 18.3. The van der Waals surface area contributed by atoms with E-state index in [0.717, 1.165) is 0 Å². The lowest BCUT2D eigenvalue weighted by Crippen LogP contribution is -2.60. The molecule has 3 unspecified atom stereocenters. The van der Waals surface area contributed by atoms with Crippen molar-refractivity contribution in [1.82, 2.24) is 4.90 Å². The second kappa shape index (κ2) is 21.5. The number of rotatable bonds is 13. The fourth-order valence-corrected chi connectivity index (χ4v) is 9.49. The van der Waals surface area contributed by atoms with Gasteiger partial charge >= 0.3 is 5.97 Å². The first kappa shape index (κ1) is 50.8. The van der Waals surface area contributed by atoms with Crippen LogP contribution in [0.2, 0.25) is 0 Å². The first-order valence-electron chi connectivity index (χ1n) is 21.1. The molecule has 0 radical (unpaired) electrons. The van der Waals surface area contributed by atoms with Crippen molar-refractivity contribution in [2.45, 2.75) is 179 Å². The molecule has 16 nitrogen and oxygen atoms in total. The molecule has 2 heterocycles. The smallest absolute Gasteiger partial charge is 0.311 e. The minimum absolute atomic E-state index is 0.000563. The third kappa shape index (κ3) is 12.1. The van der Waals surface area contributed by atoms with Crippen LogP contribution in [0.1, 0.15) is 101 Å². The van der Waals surface area contributed by atoms with Crippen LogP contribution >= 0.6 is 0 Å². The summed E-state index contributed by atoms with van der Waals surface area (Å²) in [4.78, 5) is 21.9. The largest absolute Gasteiger partial charge is 0.459 e. The van der Waals surface area contributed by atoms with E-state index in [2.05, 4.69) is 5.16 Å². The highest BCUT2D eigenvalue weighted by Crippen LogP contribution is 2.42. The summed E-state index contributed by atoms with van der Waals surface area (Å²) in [5.74, 6) is -4.09. The zero-order valence-electron chi connectivity index (χ0n) is 37.6. The number of esters is 1. The SMILES string of the molecule is CC[C@H]1OC(=O)[C@H](C)[C@@H](O[C@@H]2CC(C)[C@H](O)[C@@](C)(OC)C2)[C@H](C)[C@@H](O[C@@H]2OC(C)C[C@@H](N(C)C)C2O)[C@](C)(O)C[C@@H](C)/C(=N\OCOCCOC)[C@H](C)[C@@H](O)[C@]1(C)O. The predicted molar refractivity (Wildman–Crippen MR) is 216 cm³/mol. The molecule has 1 saturated carbocycles. The van der Waals surface area contributed by atoms with E-state index in [9.17, 15) is 30.3 Å². The molecule has 0 aromatic rings. The van der Waals surface area contributed by atoms with Crippen molar-refractivity contribution in [1.29, 1.82) is 0 Å². The molecule has 5 N–H and O–H groups in total. The number of carbonyl (C=O) groups excluding carboxylic acids is 1. The molecule has 18 atom stereocenters. The predicted octanol–water partition coefficient (Wildman–Crippen LogP) is 2.87. The van der Waals surface area contributed by atoms with Gasteiger partial charge < -0.3 is 68.4 Å². The third-order valence-electron chi connectivity index (χ3n) is 13.1. The quantitative estimate of drug-likeness (QED) is 0.0783. The number of aliphatic hydroxyl groups is 5. The number of oxime groups is 1. The molecule has 0 spiro atoms. The van der Waals surface area contributed by atoms with Gasteiger partial charge in [0, 0.05) is 44.4 Å². The summed E-state index contributed by atoms with van der Waals surface area (Å²) in [7, 11) is 6.85. The molecule has 3 rings (SSSR count). The lowest BCUT2D eigenvalue weighted by atomic mass is 9.73. The number of cyclic esters (lactones) is 1. The molecule has 0 bridgehead atoms. The maximum Gasteiger partial charge on any atom is 0.311 e. The fourth-order valence-electron chi connectivity index (χ4n) is 9.49. The summed E-state index contributed by atoms with van der Waals surface area (Å²) in [5, 5.41) is 63.8. The summed E-state index contributed by atoms with van der Waals surface area (Å²) in [6.07, 6.45) is -7.00. The van der Waals surface area contributed by atoms with E-state index < -0.39 is 95.5 Å². The number of aliphatic hydroxyl groups excluding tert-OH is 3. The topological polar surface area (TPSA) is 208 Å². The third-order valence-corrected chi connectivity index (χ3v) is 13.1. The first-order chi connectivity index (χ1) is 27.0. The molecule has 2 saturated heterocycles. The number of hydrogen-bond acceptors (Lipinski definition) is 16. The highest BCUT2D eigenvalue weighted by molar-refractivity contribution is 5.88. The average Bonchev–Trinajstić information content (AvgIpc) is 3.15. The van der Waals surface area contributed by atoms with Gasteiger partial charge in [-0.1, -0.05) is 39.8 Å². The van der Waals surface area contributed by atoms with Crippen LogP contribution in [0.3, 0.4) is 0 Å². The van der Waals surface area contributed by atoms with Crippen molar-refractivity contribution >= 4 is 11.7 Å². The summed E-state index contributed by atoms with van der Waals surface area (Å²) in [6.45, 7) is 17.9.